The number of rotatable bonds is 3. The van der Waals surface area contributed by atoms with Crippen LogP contribution < -0.4 is 10.6 Å². The van der Waals surface area contributed by atoms with Gasteiger partial charge in [0.05, 0.1) is 11.4 Å². The molecule has 0 aliphatic carbocycles. The van der Waals surface area contributed by atoms with Gasteiger partial charge in [-0.3, -0.25) is 0 Å². The molecule has 1 rings (SSSR count). The van der Waals surface area contributed by atoms with Crippen molar-refractivity contribution in [2.75, 3.05) is 23.7 Å². The van der Waals surface area contributed by atoms with E-state index in [9.17, 15) is 13.2 Å². The van der Waals surface area contributed by atoms with Crippen molar-refractivity contribution in [3.05, 3.63) is 23.8 Å². The monoisotopic (exact) mass is 232 g/mol. The predicted octanol–water partition coefficient (Wildman–Crippen LogP) is 2.97. The Balaban J connectivity index is 2.99. The standard InChI is InChI=1S/C11H15F3N2/c1-3-16(7-11(12,13)14)10-6-8(2)4-5-9(10)15/h4-6H,3,7,15H2,1-2H3. The number of hydrogen-bond acceptors (Lipinski definition) is 2. The van der Waals surface area contributed by atoms with Crippen LogP contribution in [0.1, 0.15) is 12.5 Å². The molecule has 90 valence electrons. The summed E-state index contributed by atoms with van der Waals surface area (Å²) in [6.07, 6.45) is -4.22. The number of halogens is 3. The maximum Gasteiger partial charge on any atom is 0.405 e. The van der Waals surface area contributed by atoms with Crippen LogP contribution in [0.2, 0.25) is 0 Å². The molecule has 0 atom stereocenters. The van der Waals surface area contributed by atoms with Gasteiger partial charge in [-0.25, -0.2) is 0 Å². The fourth-order valence-corrected chi connectivity index (χ4v) is 1.51. The number of aryl methyl sites for hydroxylation is 1. The predicted molar refractivity (Wildman–Crippen MR) is 59.5 cm³/mol. The Morgan fingerprint density at radius 3 is 2.44 bits per heavy atom. The number of nitrogens with zero attached hydrogens (tertiary/aromatic N) is 1. The molecule has 2 N–H and O–H groups in total. The Morgan fingerprint density at radius 2 is 1.94 bits per heavy atom. The first-order valence-electron chi connectivity index (χ1n) is 5.01. The molecule has 0 heterocycles. The van der Waals surface area contributed by atoms with Gasteiger partial charge in [0.2, 0.25) is 0 Å². The molecule has 0 aliphatic heterocycles. The van der Waals surface area contributed by atoms with Gasteiger partial charge in [-0.15, -0.1) is 0 Å². The van der Waals surface area contributed by atoms with Crippen molar-refractivity contribution < 1.29 is 13.2 Å². The third-order valence-electron chi connectivity index (χ3n) is 2.28. The Labute approximate surface area is 92.9 Å². The van der Waals surface area contributed by atoms with Crippen molar-refractivity contribution in [3.8, 4) is 0 Å². The van der Waals surface area contributed by atoms with E-state index >= 15 is 0 Å². The molecule has 1 aromatic rings. The molecule has 16 heavy (non-hydrogen) atoms. The molecule has 0 saturated heterocycles. The molecule has 0 unspecified atom stereocenters. The average Bonchev–Trinajstić information content (AvgIpc) is 2.17. The number of benzene rings is 1. The van der Waals surface area contributed by atoms with E-state index in [2.05, 4.69) is 0 Å². The first kappa shape index (κ1) is 12.7. The maximum atomic E-state index is 12.3. The number of alkyl halides is 3. The van der Waals surface area contributed by atoms with Gasteiger partial charge in [0.15, 0.2) is 0 Å². The quantitative estimate of drug-likeness (QED) is 0.812. The van der Waals surface area contributed by atoms with Gasteiger partial charge in [0, 0.05) is 6.54 Å². The molecule has 5 heteroatoms. The van der Waals surface area contributed by atoms with Crippen LogP contribution in [0.15, 0.2) is 18.2 Å². The molecular formula is C11H15F3N2. The van der Waals surface area contributed by atoms with Crippen LogP contribution in [0, 0.1) is 6.92 Å². The number of nitrogen functional groups attached to an aromatic ring is 1. The van der Waals surface area contributed by atoms with E-state index in [0.29, 0.717) is 11.4 Å². The van der Waals surface area contributed by atoms with E-state index in [4.69, 9.17) is 5.73 Å². The van der Waals surface area contributed by atoms with Crippen molar-refractivity contribution in [2.24, 2.45) is 0 Å². The molecule has 0 saturated carbocycles. The van der Waals surface area contributed by atoms with Crippen LogP contribution >= 0.6 is 0 Å². The molecule has 0 radical (unpaired) electrons. The second-order valence-electron chi connectivity index (χ2n) is 3.69. The largest absolute Gasteiger partial charge is 0.405 e. The topological polar surface area (TPSA) is 29.3 Å². The molecule has 0 aromatic heterocycles. The molecule has 0 fully saturated rings. The average molecular weight is 232 g/mol. The maximum absolute atomic E-state index is 12.3. The van der Waals surface area contributed by atoms with Crippen LogP contribution in [-0.2, 0) is 0 Å². The van der Waals surface area contributed by atoms with Gasteiger partial charge in [0.1, 0.15) is 6.54 Å². The highest BCUT2D eigenvalue weighted by atomic mass is 19.4. The third-order valence-corrected chi connectivity index (χ3v) is 2.28. The van der Waals surface area contributed by atoms with E-state index in [1.54, 1.807) is 25.1 Å². The van der Waals surface area contributed by atoms with Crippen LogP contribution in [0.3, 0.4) is 0 Å². The molecule has 0 aliphatic rings. The zero-order chi connectivity index (χ0) is 12.3. The zero-order valence-electron chi connectivity index (χ0n) is 9.30. The molecule has 2 nitrogen and oxygen atoms in total. The molecule has 0 amide bonds. The van der Waals surface area contributed by atoms with Gasteiger partial charge in [-0.05, 0) is 31.5 Å². The zero-order valence-corrected chi connectivity index (χ0v) is 9.30. The minimum absolute atomic E-state index is 0.271. The van der Waals surface area contributed by atoms with Gasteiger partial charge in [-0.1, -0.05) is 6.07 Å². The molecular weight excluding hydrogens is 217 g/mol. The summed E-state index contributed by atoms with van der Waals surface area (Å²) in [5, 5.41) is 0. The van der Waals surface area contributed by atoms with Crippen LogP contribution in [-0.4, -0.2) is 19.3 Å². The Hall–Kier alpha value is -1.39. The van der Waals surface area contributed by atoms with Crippen LogP contribution in [0.4, 0.5) is 24.5 Å². The molecule has 1 aromatic carbocycles. The van der Waals surface area contributed by atoms with Gasteiger partial charge < -0.3 is 10.6 Å². The highest BCUT2D eigenvalue weighted by Gasteiger charge is 2.30. The van der Waals surface area contributed by atoms with E-state index < -0.39 is 12.7 Å². The van der Waals surface area contributed by atoms with Crippen molar-refractivity contribution in [2.45, 2.75) is 20.0 Å². The van der Waals surface area contributed by atoms with Gasteiger partial charge >= 0.3 is 6.18 Å². The van der Waals surface area contributed by atoms with E-state index in [0.717, 1.165) is 5.56 Å². The lowest BCUT2D eigenvalue weighted by atomic mass is 10.1. The fourth-order valence-electron chi connectivity index (χ4n) is 1.51. The lowest BCUT2D eigenvalue weighted by Gasteiger charge is -2.26. The first-order valence-corrected chi connectivity index (χ1v) is 5.01. The summed E-state index contributed by atoms with van der Waals surface area (Å²) < 4.78 is 37.0. The molecule has 0 spiro atoms. The van der Waals surface area contributed by atoms with Crippen LogP contribution in [0.5, 0.6) is 0 Å². The first-order chi connectivity index (χ1) is 7.33. The fraction of sp³-hybridized carbons (Fsp3) is 0.455. The van der Waals surface area contributed by atoms with Crippen LogP contribution in [0.25, 0.3) is 0 Å². The lowest BCUT2D eigenvalue weighted by molar-refractivity contribution is -0.119. The third kappa shape index (κ3) is 3.32. The second-order valence-corrected chi connectivity index (χ2v) is 3.69. The van der Waals surface area contributed by atoms with Crippen molar-refractivity contribution in [1.82, 2.24) is 0 Å². The van der Waals surface area contributed by atoms with Crippen molar-refractivity contribution in [1.29, 1.82) is 0 Å². The SMILES string of the molecule is CCN(CC(F)(F)F)c1cc(C)ccc1N. The normalized spacial score (nSPS) is 11.6. The summed E-state index contributed by atoms with van der Waals surface area (Å²) in [6.45, 7) is 2.79. The summed E-state index contributed by atoms with van der Waals surface area (Å²) >= 11 is 0. The summed E-state index contributed by atoms with van der Waals surface area (Å²) in [7, 11) is 0. The highest BCUT2D eigenvalue weighted by Crippen LogP contribution is 2.27. The van der Waals surface area contributed by atoms with Gasteiger partial charge in [-0.2, -0.15) is 13.2 Å². The Morgan fingerprint density at radius 1 is 1.31 bits per heavy atom. The lowest BCUT2D eigenvalue weighted by Crippen LogP contribution is -2.34. The van der Waals surface area contributed by atoms with Crippen molar-refractivity contribution in [3.63, 3.8) is 0 Å². The van der Waals surface area contributed by atoms with Crippen molar-refractivity contribution >= 4 is 11.4 Å². The van der Waals surface area contributed by atoms with E-state index in [1.807, 2.05) is 6.92 Å². The number of hydrogen-bond donors (Lipinski definition) is 1. The summed E-state index contributed by atoms with van der Waals surface area (Å²) in [5.74, 6) is 0. The number of anilines is 2. The summed E-state index contributed by atoms with van der Waals surface area (Å²) in [4.78, 5) is 1.22. The molecule has 0 bridgehead atoms. The Bertz CT molecular complexity index is 361. The minimum Gasteiger partial charge on any atom is -0.397 e. The van der Waals surface area contributed by atoms with E-state index in [1.165, 1.54) is 4.90 Å². The minimum atomic E-state index is -4.22. The smallest absolute Gasteiger partial charge is 0.397 e. The summed E-state index contributed by atoms with van der Waals surface area (Å²) in [6, 6.07) is 5.08. The van der Waals surface area contributed by atoms with E-state index in [-0.39, 0.29) is 6.54 Å². The highest BCUT2D eigenvalue weighted by molar-refractivity contribution is 5.68. The number of nitrogens with two attached hydrogens (primary N) is 1. The Kier molecular flexibility index (Phi) is 3.67. The summed E-state index contributed by atoms with van der Waals surface area (Å²) in [5.41, 5.74) is 7.39. The second kappa shape index (κ2) is 4.63. The van der Waals surface area contributed by atoms with Gasteiger partial charge in [0.25, 0.3) is 0 Å².